The third-order valence-corrected chi connectivity index (χ3v) is 2.96. The number of rotatable bonds is 5. The van der Waals surface area contributed by atoms with Gasteiger partial charge in [0.25, 0.3) is 5.91 Å². The standard InChI is InChI=1S/C16H14F3NO3/c1-22-13-6-2-11(3-7-13)10-20-15(21)12-4-8-14(9-5-12)23-16(17,18)19/h2-9H,10H2,1H3,(H,20,21). The molecule has 0 aliphatic rings. The average Bonchev–Trinajstić information content (AvgIpc) is 2.52. The number of hydrogen-bond acceptors (Lipinski definition) is 3. The Morgan fingerprint density at radius 1 is 1.00 bits per heavy atom. The van der Waals surface area contributed by atoms with Crippen molar-refractivity contribution in [2.24, 2.45) is 0 Å². The maximum Gasteiger partial charge on any atom is 0.573 e. The van der Waals surface area contributed by atoms with E-state index in [0.717, 1.165) is 17.7 Å². The van der Waals surface area contributed by atoms with E-state index in [1.165, 1.54) is 12.1 Å². The van der Waals surface area contributed by atoms with E-state index in [2.05, 4.69) is 10.1 Å². The normalized spacial score (nSPS) is 11.0. The Labute approximate surface area is 130 Å². The summed E-state index contributed by atoms with van der Waals surface area (Å²) in [4.78, 5) is 11.9. The molecule has 0 spiro atoms. The van der Waals surface area contributed by atoms with Gasteiger partial charge in [-0.15, -0.1) is 13.2 Å². The van der Waals surface area contributed by atoms with Crippen LogP contribution in [0.4, 0.5) is 13.2 Å². The molecule has 0 saturated heterocycles. The first-order valence-electron chi connectivity index (χ1n) is 6.64. The smallest absolute Gasteiger partial charge is 0.497 e. The lowest BCUT2D eigenvalue weighted by Gasteiger charge is -2.09. The van der Waals surface area contributed by atoms with E-state index < -0.39 is 6.36 Å². The Hall–Kier alpha value is -2.70. The molecule has 0 fully saturated rings. The second-order valence-electron chi connectivity index (χ2n) is 4.60. The summed E-state index contributed by atoms with van der Waals surface area (Å²) in [5, 5.41) is 2.68. The fourth-order valence-corrected chi connectivity index (χ4v) is 1.84. The molecule has 0 saturated carbocycles. The highest BCUT2D eigenvalue weighted by molar-refractivity contribution is 5.94. The summed E-state index contributed by atoms with van der Waals surface area (Å²) in [6, 6.07) is 11.9. The number of halogens is 3. The molecule has 0 unspecified atom stereocenters. The zero-order valence-corrected chi connectivity index (χ0v) is 12.2. The van der Waals surface area contributed by atoms with E-state index >= 15 is 0 Å². The predicted octanol–water partition coefficient (Wildman–Crippen LogP) is 3.52. The summed E-state index contributed by atoms with van der Waals surface area (Å²) in [6.45, 7) is 0.295. The zero-order valence-electron chi connectivity index (χ0n) is 12.2. The summed E-state index contributed by atoms with van der Waals surface area (Å²) in [5.41, 5.74) is 1.12. The van der Waals surface area contributed by atoms with Crippen LogP contribution in [0, 0.1) is 0 Å². The summed E-state index contributed by atoms with van der Waals surface area (Å²) < 4.78 is 44.9. The zero-order chi connectivity index (χ0) is 16.9. The third-order valence-electron chi connectivity index (χ3n) is 2.96. The van der Waals surface area contributed by atoms with E-state index in [0.29, 0.717) is 12.3 Å². The van der Waals surface area contributed by atoms with Crippen LogP contribution in [-0.4, -0.2) is 19.4 Å². The van der Waals surface area contributed by atoms with Gasteiger partial charge in [-0.2, -0.15) is 0 Å². The Kier molecular flexibility index (Phi) is 5.10. The molecule has 0 radical (unpaired) electrons. The van der Waals surface area contributed by atoms with Gasteiger partial charge in [-0.3, -0.25) is 4.79 Å². The van der Waals surface area contributed by atoms with E-state index in [1.54, 1.807) is 31.4 Å². The van der Waals surface area contributed by atoms with Crippen LogP contribution in [0.1, 0.15) is 15.9 Å². The van der Waals surface area contributed by atoms with Gasteiger partial charge in [0.15, 0.2) is 0 Å². The minimum atomic E-state index is -4.75. The molecular formula is C16H14F3NO3. The summed E-state index contributed by atoms with van der Waals surface area (Å²) in [7, 11) is 1.56. The lowest BCUT2D eigenvalue weighted by molar-refractivity contribution is -0.274. The van der Waals surface area contributed by atoms with Gasteiger partial charge < -0.3 is 14.8 Å². The van der Waals surface area contributed by atoms with Crippen LogP contribution in [0.2, 0.25) is 0 Å². The Balaban J connectivity index is 1.92. The number of amides is 1. The highest BCUT2D eigenvalue weighted by atomic mass is 19.4. The molecule has 0 aliphatic heterocycles. The highest BCUT2D eigenvalue weighted by Gasteiger charge is 2.31. The van der Waals surface area contributed by atoms with Crippen molar-refractivity contribution >= 4 is 5.91 Å². The molecule has 2 aromatic carbocycles. The molecular weight excluding hydrogens is 311 g/mol. The van der Waals surface area contributed by atoms with Crippen LogP contribution in [-0.2, 0) is 6.54 Å². The van der Waals surface area contributed by atoms with Gasteiger partial charge in [0.1, 0.15) is 11.5 Å². The van der Waals surface area contributed by atoms with E-state index in [1.807, 2.05) is 0 Å². The van der Waals surface area contributed by atoms with Crippen molar-refractivity contribution in [1.82, 2.24) is 5.32 Å². The highest BCUT2D eigenvalue weighted by Crippen LogP contribution is 2.22. The van der Waals surface area contributed by atoms with Crippen LogP contribution < -0.4 is 14.8 Å². The van der Waals surface area contributed by atoms with E-state index in [9.17, 15) is 18.0 Å². The van der Waals surface area contributed by atoms with Crippen molar-refractivity contribution in [2.45, 2.75) is 12.9 Å². The number of methoxy groups -OCH3 is 1. The molecule has 122 valence electrons. The molecule has 1 amide bonds. The SMILES string of the molecule is COc1ccc(CNC(=O)c2ccc(OC(F)(F)F)cc2)cc1. The largest absolute Gasteiger partial charge is 0.573 e. The average molecular weight is 325 g/mol. The van der Waals surface area contributed by atoms with Gasteiger partial charge >= 0.3 is 6.36 Å². The van der Waals surface area contributed by atoms with Crippen LogP contribution in [0.5, 0.6) is 11.5 Å². The van der Waals surface area contributed by atoms with Crippen LogP contribution in [0.15, 0.2) is 48.5 Å². The number of carbonyl (C=O) groups is 1. The third kappa shape index (κ3) is 5.21. The summed E-state index contributed by atoms with van der Waals surface area (Å²) in [5.74, 6) is -0.0519. The van der Waals surface area contributed by atoms with Crippen LogP contribution >= 0.6 is 0 Å². The van der Waals surface area contributed by atoms with Crippen molar-refractivity contribution in [3.05, 3.63) is 59.7 Å². The van der Waals surface area contributed by atoms with E-state index in [4.69, 9.17) is 4.74 Å². The lowest BCUT2D eigenvalue weighted by atomic mass is 10.2. The molecule has 1 N–H and O–H groups in total. The molecule has 0 aliphatic carbocycles. The second-order valence-corrected chi connectivity index (χ2v) is 4.60. The fraction of sp³-hybridized carbons (Fsp3) is 0.188. The quantitative estimate of drug-likeness (QED) is 0.915. The van der Waals surface area contributed by atoms with Crippen LogP contribution in [0.25, 0.3) is 0 Å². The number of hydrogen-bond donors (Lipinski definition) is 1. The first kappa shape index (κ1) is 16.7. The first-order valence-corrected chi connectivity index (χ1v) is 6.64. The first-order chi connectivity index (χ1) is 10.9. The van der Waals surface area contributed by atoms with Gasteiger partial charge in [-0.1, -0.05) is 12.1 Å². The summed E-state index contributed by atoms with van der Waals surface area (Å²) in [6.07, 6.45) is -4.75. The van der Waals surface area contributed by atoms with Gasteiger partial charge in [0.2, 0.25) is 0 Å². The van der Waals surface area contributed by atoms with Crippen molar-refractivity contribution in [2.75, 3.05) is 7.11 Å². The lowest BCUT2D eigenvalue weighted by Crippen LogP contribution is -2.22. The minimum absolute atomic E-state index is 0.244. The molecule has 7 heteroatoms. The van der Waals surface area contributed by atoms with E-state index in [-0.39, 0.29) is 17.2 Å². The fourth-order valence-electron chi connectivity index (χ4n) is 1.84. The van der Waals surface area contributed by atoms with Gasteiger partial charge in [0.05, 0.1) is 7.11 Å². The molecule has 0 heterocycles. The Morgan fingerprint density at radius 2 is 1.57 bits per heavy atom. The molecule has 23 heavy (non-hydrogen) atoms. The molecule has 4 nitrogen and oxygen atoms in total. The molecule has 0 aromatic heterocycles. The van der Waals surface area contributed by atoms with Crippen molar-refractivity contribution in [3.8, 4) is 11.5 Å². The maximum absolute atomic E-state index is 12.1. The second kappa shape index (κ2) is 7.04. The van der Waals surface area contributed by atoms with Crippen molar-refractivity contribution in [1.29, 1.82) is 0 Å². The number of alkyl halides is 3. The van der Waals surface area contributed by atoms with Gasteiger partial charge in [-0.25, -0.2) is 0 Å². The Morgan fingerprint density at radius 3 is 2.09 bits per heavy atom. The van der Waals surface area contributed by atoms with Crippen molar-refractivity contribution < 1.29 is 27.4 Å². The number of benzene rings is 2. The van der Waals surface area contributed by atoms with Crippen LogP contribution in [0.3, 0.4) is 0 Å². The topological polar surface area (TPSA) is 47.6 Å². The molecule has 2 aromatic rings. The van der Waals surface area contributed by atoms with Crippen molar-refractivity contribution in [3.63, 3.8) is 0 Å². The number of ether oxygens (including phenoxy) is 2. The minimum Gasteiger partial charge on any atom is -0.497 e. The summed E-state index contributed by atoms with van der Waals surface area (Å²) >= 11 is 0. The maximum atomic E-state index is 12.1. The number of nitrogens with one attached hydrogen (secondary N) is 1. The van der Waals surface area contributed by atoms with Gasteiger partial charge in [0, 0.05) is 12.1 Å². The Bertz CT molecular complexity index is 652. The molecule has 2 rings (SSSR count). The predicted molar refractivity (Wildman–Crippen MR) is 77.3 cm³/mol. The molecule has 0 bridgehead atoms. The molecule has 0 atom stereocenters. The number of carbonyl (C=O) groups excluding carboxylic acids is 1. The monoisotopic (exact) mass is 325 g/mol. The van der Waals surface area contributed by atoms with Gasteiger partial charge in [-0.05, 0) is 42.0 Å².